The number of ether oxygens (including phenoxy) is 2. The standard InChI is InChI=1S/C14H17NO4/c1-18-13(17)14(7-8-14)15-9-12(16)19-10-11-5-3-2-4-6-11/h2-6,15H,7-10H2,1H3. The number of esters is 2. The summed E-state index contributed by atoms with van der Waals surface area (Å²) in [5, 5.41) is 2.91. The highest BCUT2D eigenvalue weighted by Gasteiger charge is 2.51. The van der Waals surface area contributed by atoms with Gasteiger partial charge in [0.2, 0.25) is 0 Å². The van der Waals surface area contributed by atoms with Crippen LogP contribution in [-0.2, 0) is 25.7 Å². The number of benzene rings is 1. The van der Waals surface area contributed by atoms with Gasteiger partial charge in [-0.15, -0.1) is 0 Å². The highest BCUT2D eigenvalue weighted by atomic mass is 16.5. The highest BCUT2D eigenvalue weighted by molar-refractivity contribution is 5.85. The van der Waals surface area contributed by atoms with Crippen molar-refractivity contribution in [2.75, 3.05) is 13.7 Å². The lowest BCUT2D eigenvalue weighted by molar-refractivity contribution is -0.146. The van der Waals surface area contributed by atoms with Crippen LogP contribution in [0.2, 0.25) is 0 Å². The van der Waals surface area contributed by atoms with Crippen molar-refractivity contribution < 1.29 is 19.1 Å². The van der Waals surface area contributed by atoms with Crippen molar-refractivity contribution >= 4 is 11.9 Å². The Bertz CT molecular complexity index is 454. The first-order chi connectivity index (χ1) is 9.16. The number of hydrogen-bond acceptors (Lipinski definition) is 5. The van der Waals surface area contributed by atoms with Crippen molar-refractivity contribution in [1.29, 1.82) is 0 Å². The first-order valence-electron chi connectivity index (χ1n) is 6.19. The van der Waals surface area contributed by atoms with Crippen LogP contribution in [-0.4, -0.2) is 31.1 Å². The lowest BCUT2D eigenvalue weighted by Gasteiger charge is -2.14. The molecule has 1 aliphatic rings. The van der Waals surface area contributed by atoms with Gasteiger partial charge in [0.05, 0.1) is 13.7 Å². The van der Waals surface area contributed by atoms with Gasteiger partial charge < -0.3 is 9.47 Å². The van der Waals surface area contributed by atoms with Gasteiger partial charge in [0.1, 0.15) is 12.1 Å². The quantitative estimate of drug-likeness (QED) is 0.776. The first-order valence-corrected chi connectivity index (χ1v) is 6.19. The van der Waals surface area contributed by atoms with E-state index in [1.54, 1.807) is 0 Å². The van der Waals surface area contributed by atoms with E-state index in [4.69, 9.17) is 4.74 Å². The zero-order chi connectivity index (χ0) is 13.7. The van der Waals surface area contributed by atoms with E-state index in [1.807, 2.05) is 30.3 Å². The van der Waals surface area contributed by atoms with Crippen molar-refractivity contribution in [3.05, 3.63) is 35.9 Å². The van der Waals surface area contributed by atoms with Crippen LogP contribution in [0.15, 0.2) is 30.3 Å². The third-order valence-electron chi connectivity index (χ3n) is 3.14. The molecular formula is C14H17NO4. The molecule has 1 aliphatic carbocycles. The van der Waals surface area contributed by atoms with Gasteiger partial charge in [-0.3, -0.25) is 14.9 Å². The number of nitrogens with one attached hydrogen (secondary N) is 1. The molecule has 2 rings (SSSR count). The summed E-state index contributed by atoms with van der Waals surface area (Å²) in [7, 11) is 1.35. The van der Waals surface area contributed by atoms with E-state index in [1.165, 1.54) is 7.11 Å². The smallest absolute Gasteiger partial charge is 0.326 e. The molecule has 1 aromatic carbocycles. The average molecular weight is 263 g/mol. The lowest BCUT2D eigenvalue weighted by Crippen LogP contribution is -2.43. The number of rotatable bonds is 6. The van der Waals surface area contributed by atoms with Gasteiger partial charge in [-0.1, -0.05) is 30.3 Å². The third-order valence-corrected chi connectivity index (χ3v) is 3.14. The zero-order valence-electron chi connectivity index (χ0n) is 10.8. The second kappa shape index (κ2) is 5.84. The van der Waals surface area contributed by atoms with E-state index < -0.39 is 5.54 Å². The molecule has 1 fully saturated rings. The Labute approximate surface area is 111 Å². The van der Waals surface area contributed by atoms with E-state index in [2.05, 4.69) is 10.1 Å². The fourth-order valence-corrected chi connectivity index (χ4v) is 1.80. The number of carbonyl (C=O) groups excluding carboxylic acids is 2. The van der Waals surface area contributed by atoms with E-state index in [0.717, 1.165) is 5.56 Å². The molecule has 5 heteroatoms. The molecule has 0 amide bonds. The predicted octanol–water partition coefficient (Wildman–Crippen LogP) is 1.02. The molecule has 102 valence electrons. The zero-order valence-corrected chi connectivity index (χ0v) is 10.8. The molecule has 0 heterocycles. The van der Waals surface area contributed by atoms with E-state index in [-0.39, 0.29) is 25.1 Å². The van der Waals surface area contributed by atoms with Crippen LogP contribution < -0.4 is 5.32 Å². The Morgan fingerprint density at radius 2 is 1.95 bits per heavy atom. The molecule has 0 aromatic heterocycles. The van der Waals surface area contributed by atoms with Gasteiger partial charge in [0, 0.05) is 0 Å². The topological polar surface area (TPSA) is 64.6 Å². The van der Waals surface area contributed by atoms with E-state index in [9.17, 15) is 9.59 Å². The second-order valence-corrected chi connectivity index (χ2v) is 4.57. The maximum absolute atomic E-state index is 11.6. The number of hydrogen-bond donors (Lipinski definition) is 1. The minimum atomic E-state index is -0.666. The van der Waals surface area contributed by atoms with Gasteiger partial charge in [0.15, 0.2) is 0 Å². The molecule has 0 atom stereocenters. The largest absolute Gasteiger partial charge is 0.468 e. The molecular weight excluding hydrogens is 246 g/mol. The van der Waals surface area contributed by atoms with Crippen LogP contribution in [0, 0.1) is 0 Å². The number of methoxy groups -OCH3 is 1. The minimum absolute atomic E-state index is 0.0158. The van der Waals surface area contributed by atoms with Crippen molar-refractivity contribution in [3.63, 3.8) is 0 Å². The fraction of sp³-hybridized carbons (Fsp3) is 0.429. The summed E-state index contributed by atoms with van der Waals surface area (Å²) >= 11 is 0. The summed E-state index contributed by atoms with van der Waals surface area (Å²) in [4.78, 5) is 23.0. The molecule has 5 nitrogen and oxygen atoms in total. The van der Waals surface area contributed by atoms with E-state index in [0.29, 0.717) is 12.8 Å². The van der Waals surface area contributed by atoms with Crippen LogP contribution in [0.4, 0.5) is 0 Å². The third kappa shape index (κ3) is 3.54. The average Bonchev–Trinajstić information content (AvgIpc) is 3.24. The van der Waals surface area contributed by atoms with Crippen LogP contribution in [0.25, 0.3) is 0 Å². The second-order valence-electron chi connectivity index (χ2n) is 4.57. The van der Waals surface area contributed by atoms with E-state index >= 15 is 0 Å². The summed E-state index contributed by atoms with van der Waals surface area (Å²) in [6.45, 7) is 0.258. The minimum Gasteiger partial charge on any atom is -0.468 e. The SMILES string of the molecule is COC(=O)C1(NCC(=O)OCc2ccccc2)CC1. The van der Waals surface area contributed by atoms with Gasteiger partial charge in [-0.25, -0.2) is 0 Å². The van der Waals surface area contributed by atoms with Gasteiger partial charge >= 0.3 is 11.9 Å². The predicted molar refractivity (Wildman–Crippen MR) is 68.2 cm³/mol. The highest BCUT2D eigenvalue weighted by Crippen LogP contribution is 2.36. The van der Waals surface area contributed by atoms with Gasteiger partial charge in [-0.05, 0) is 18.4 Å². The maximum atomic E-state index is 11.6. The molecule has 1 aromatic rings. The molecule has 1 saturated carbocycles. The van der Waals surface area contributed by atoms with Crippen LogP contribution in [0.5, 0.6) is 0 Å². The normalized spacial score (nSPS) is 15.6. The van der Waals surface area contributed by atoms with Crippen molar-refractivity contribution in [2.45, 2.75) is 25.0 Å². The Kier molecular flexibility index (Phi) is 4.16. The summed E-state index contributed by atoms with van der Waals surface area (Å²) in [5.41, 5.74) is 0.269. The monoisotopic (exact) mass is 263 g/mol. The summed E-state index contributed by atoms with van der Waals surface area (Å²) in [5.74, 6) is -0.692. The fourth-order valence-electron chi connectivity index (χ4n) is 1.80. The van der Waals surface area contributed by atoms with Crippen LogP contribution in [0.1, 0.15) is 18.4 Å². The lowest BCUT2D eigenvalue weighted by atomic mass is 10.2. The molecule has 0 bridgehead atoms. The van der Waals surface area contributed by atoms with Crippen LogP contribution in [0.3, 0.4) is 0 Å². The van der Waals surface area contributed by atoms with Gasteiger partial charge in [0.25, 0.3) is 0 Å². The molecule has 19 heavy (non-hydrogen) atoms. The number of carbonyl (C=O) groups is 2. The Hall–Kier alpha value is -1.88. The molecule has 1 N–H and O–H groups in total. The van der Waals surface area contributed by atoms with Crippen molar-refractivity contribution in [2.24, 2.45) is 0 Å². The summed E-state index contributed by atoms with van der Waals surface area (Å²) in [6, 6.07) is 9.45. The maximum Gasteiger partial charge on any atom is 0.326 e. The summed E-state index contributed by atoms with van der Waals surface area (Å²) in [6.07, 6.45) is 1.40. The Morgan fingerprint density at radius 3 is 2.53 bits per heavy atom. The molecule has 0 spiro atoms. The van der Waals surface area contributed by atoms with Crippen molar-refractivity contribution in [1.82, 2.24) is 5.32 Å². The molecule has 0 saturated heterocycles. The van der Waals surface area contributed by atoms with Crippen LogP contribution >= 0.6 is 0 Å². The van der Waals surface area contributed by atoms with Crippen molar-refractivity contribution in [3.8, 4) is 0 Å². The van der Waals surface area contributed by atoms with Gasteiger partial charge in [-0.2, -0.15) is 0 Å². The molecule has 0 aliphatic heterocycles. The summed E-state index contributed by atoms with van der Waals surface area (Å²) < 4.78 is 9.80. The Balaban J connectivity index is 1.72. The molecule has 0 radical (unpaired) electrons. The first kappa shape index (κ1) is 13.5. The Morgan fingerprint density at radius 1 is 1.26 bits per heavy atom. The molecule has 0 unspecified atom stereocenters.